The fraction of sp³-hybridized carbons (Fsp3) is 0.235. The van der Waals surface area contributed by atoms with E-state index >= 15 is 0 Å². The fourth-order valence-electron chi connectivity index (χ4n) is 2.13. The van der Waals surface area contributed by atoms with Gasteiger partial charge in [0.1, 0.15) is 18.2 Å². The first-order valence-corrected chi connectivity index (χ1v) is 7.92. The average molecular weight is 468 g/mol. The summed E-state index contributed by atoms with van der Waals surface area (Å²) in [5, 5.41) is 13.3. The van der Waals surface area contributed by atoms with Crippen LogP contribution in [0.2, 0.25) is 0 Å². The number of aromatic amines is 1. The molecular formula is C17H21IN6O2. The largest absolute Gasteiger partial charge is 0.492 e. The SMILES string of the molecule is CN=C(NCCOc1ccccc1)NCc1nc(-c2ccco2)n[nH]1.I. The quantitative estimate of drug-likeness (QED) is 0.213. The van der Waals surface area contributed by atoms with E-state index < -0.39 is 0 Å². The molecule has 0 unspecified atom stereocenters. The summed E-state index contributed by atoms with van der Waals surface area (Å²) >= 11 is 0. The highest BCUT2D eigenvalue weighted by Gasteiger charge is 2.08. The number of hydrogen-bond donors (Lipinski definition) is 3. The Bertz CT molecular complexity index is 789. The summed E-state index contributed by atoms with van der Waals surface area (Å²) < 4.78 is 10.9. The smallest absolute Gasteiger partial charge is 0.216 e. The minimum Gasteiger partial charge on any atom is -0.492 e. The second-order valence-electron chi connectivity index (χ2n) is 5.10. The Morgan fingerprint density at radius 3 is 2.77 bits per heavy atom. The first-order valence-electron chi connectivity index (χ1n) is 7.92. The van der Waals surface area contributed by atoms with E-state index in [4.69, 9.17) is 9.15 Å². The number of halogens is 1. The van der Waals surface area contributed by atoms with E-state index in [9.17, 15) is 0 Å². The van der Waals surface area contributed by atoms with Crippen molar-refractivity contribution in [3.63, 3.8) is 0 Å². The van der Waals surface area contributed by atoms with Crippen LogP contribution in [0.5, 0.6) is 5.75 Å². The van der Waals surface area contributed by atoms with Gasteiger partial charge in [0, 0.05) is 7.05 Å². The van der Waals surface area contributed by atoms with Gasteiger partial charge in [-0.3, -0.25) is 10.1 Å². The van der Waals surface area contributed by atoms with Crippen LogP contribution in [-0.2, 0) is 6.54 Å². The molecule has 0 amide bonds. The molecule has 0 fully saturated rings. The van der Waals surface area contributed by atoms with Gasteiger partial charge in [0.15, 0.2) is 11.7 Å². The Labute approximate surface area is 168 Å². The van der Waals surface area contributed by atoms with E-state index in [1.54, 1.807) is 19.4 Å². The monoisotopic (exact) mass is 468 g/mol. The molecule has 8 nitrogen and oxygen atoms in total. The Morgan fingerprint density at radius 2 is 2.04 bits per heavy atom. The molecule has 2 aromatic heterocycles. The van der Waals surface area contributed by atoms with Gasteiger partial charge < -0.3 is 19.8 Å². The standard InChI is InChI=1S/C17H20N6O2.HI/c1-18-17(19-9-11-24-13-6-3-2-4-7-13)20-12-15-21-16(23-22-15)14-8-5-10-25-14;/h2-8,10H,9,11-12H2,1H3,(H2,18,19,20)(H,21,22,23);1H. The predicted molar refractivity (Wildman–Crippen MR) is 110 cm³/mol. The van der Waals surface area contributed by atoms with Crippen LogP contribution in [0.3, 0.4) is 0 Å². The zero-order chi connectivity index (χ0) is 17.3. The number of benzene rings is 1. The lowest BCUT2D eigenvalue weighted by Gasteiger charge is -2.11. The fourth-order valence-corrected chi connectivity index (χ4v) is 2.13. The molecule has 0 aliphatic rings. The number of rotatable bonds is 7. The summed E-state index contributed by atoms with van der Waals surface area (Å²) in [6.07, 6.45) is 1.59. The zero-order valence-corrected chi connectivity index (χ0v) is 16.6. The van der Waals surface area contributed by atoms with Gasteiger partial charge >= 0.3 is 0 Å². The van der Waals surface area contributed by atoms with Crippen molar-refractivity contribution in [2.45, 2.75) is 6.54 Å². The van der Waals surface area contributed by atoms with Crippen molar-refractivity contribution in [3.8, 4) is 17.3 Å². The minimum absolute atomic E-state index is 0. The second-order valence-corrected chi connectivity index (χ2v) is 5.10. The van der Waals surface area contributed by atoms with E-state index in [0.29, 0.717) is 43.1 Å². The summed E-state index contributed by atoms with van der Waals surface area (Å²) in [5.41, 5.74) is 0. The molecule has 1 aromatic carbocycles. The van der Waals surface area contributed by atoms with Crippen molar-refractivity contribution < 1.29 is 9.15 Å². The van der Waals surface area contributed by atoms with Crippen LogP contribution in [0.4, 0.5) is 0 Å². The van der Waals surface area contributed by atoms with Gasteiger partial charge in [0.05, 0.1) is 19.4 Å². The third kappa shape index (κ3) is 5.76. The van der Waals surface area contributed by atoms with Gasteiger partial charge in [-0.05, 0) is 24.3 Å². The number of para-hydroxylation sites is 1. The molecule has 26 heavy (non-hydrogen) atoms. The maximum absolute atomic E-state index is 5.62. The number of furan rings is 1. The predicted octanol–water partition coefficient (Wildman–Crippen LogP) is 2.43. The number of aromatic nitrogens is 3. The molecular weight excluding hydrogens is 447 g/mol. The van der Waals surface area contributed by atoms with Crippen molar-refractivity contribution >= 4 is 29.9 Å². The summed E-state index contributed by atoms with van der Waals surface area (Å²) in [5.74, 6) is 3.35. The first-order chi connectivity index (χ1) is 12.3. The van der Waals surface area contributed by atoms with Crippen molar-refractivity contribution in [1.82, 2.24) is 25.8 Å². The summed E-state index contributed by atoms with van der Waals surface area (Å²) in [6, 6.07) is 13.3. The molecule has 138 valence electrons. The molecule has 3 rings (SSSR count). The number of nitrogens with zero attached hydrogens (tertiary/aromatic N) is 3. The van der Waals surface area contributed by atoms with Gasteiger partial charge in [0.2, 0.25) is 5.82 Å². The molecule has 0 aliphatic carbocycles. The highest BCUT2D eigenvalue weighted by molar-refractivity contribution is 14.0. The summed E-state index contributed by atoms with van der Waals surface area (Å²) in [6.45, 7) is 1.63. The normalized spacial score (nSPS) is 10.9. The summed E-state index contributed by atoms with van der Waals surface area (Å²) in [4.78, 5) is 8.53. The van der Waals surface area contributed by atoms with Crippen LogP contribution in [-0.4, -0.2) is 41.3 Å². The van der Waals surface area contributed by atoms with Crippen LogP contribution in [0, 0.1) is 0 Å². The van der Waals surface area contributed by atoms with E-state index in [-0.39, 0.29) is 24.0 Å². The van der Waals surface area contributed by atoms with Crippen LogP contribution in [0.15, 0.2) is 58.1 Å². The van der Waals surface area contributed by atoms with E-state index in [2.05, 4.69) is 30.8 Å². The number of aliphatic imine (C=N–C) groups is 1. The third-order valence-corrected chi connectivity index (χ3v) is 3.33. The second kappa shape index (κ2) is 10.4. The van der Waals surface area contributed by atoms with Crippen LogP contribution < -0.4 is 15.4 Å². The van der Waals surface area contributed by atoms with E-state index in [1.807, 2.05) is 36.4 Å². The Balaban J connectivity index is 0.00000243. The van der Waals surface area contributed by atoms with E-state index in [1.165, 1.54) is 0 Å². The van der Waals surface area contributed by atoms with Gasteiger partial charge in [0.25, 0.3) is 0 Å². The highest BCUT2D eigenvalue weighted by Crippen LogP contribution is 2.14. The third-order valence-electron chi connectivity index (χ3n) is 3.33. The molecule has 0 atom stereocenters. The van der Waals surface area contributed by atoms with Crippen molar-refractivity contribution in [1.29, 1.82) is 0 Å². The zero-order valence-electron chi connectivity index (χ0n) is 14.3. The molecule has 2 heterocycles. The number of ether oxygens (including phenoxy) is 1. The molecule has 3 N–H and O–H groups in total. The Hall–Kier alpha value is -2.56. The summed E-state index contributed by atoms with van der Waals surface area (Å²) in [7, 11) is 1.71. The van der Waals surface area contributed by atoms with Gasteiger partial charge in [-0.2, -0.15) is 0 Å². The first kappa shape index (κ1) is 19.8. The van der Waals surface area contributed by atoms with Crippen LogP contribution in [0.25, 0.3) is 11.6 Å². The van der Waals surface area contributed by atoms with Crippen LogP contribution in [0.1, 0.15) is 5.82 Å². The number of hydrogen-bond acceptors (Lipinski definition) is 5. The molecule has 3 aromatic rings. The molecule has 0 saturated carbocycles. The van der Waals surface area contributed by atoms with Crippen molar-refractivity contribution in [2.75, 3.05) is 20.2 Å². The van der Waals surface area contributed by atoms with E-state index in [0.717, 1.165) is 5.75 Å². The molecule has 0 aliphatic heterocycles. The molecule has 0 radical (unpaired) electrons. The number of H-pyrrole nitrogens is 1. The Morgan fingerprint density at radius 1 is 1.19 bits per heavy atom. The minimum atomic E-state index is 0. The molecule has 0 bridgehead atoms. The van der Waals surface area contributed by atoms with Gasteiger partial charge in [-0.15, -0.1) is 29.1 Å². The topological polar surface area (TPSA) is 100 Å². The van der Waals surface area contributed by atoms with Crippen molar-refractivity contribution in [3.05, 3.63) is 54.6 Å². The van der Waals surface area contributed by atoms with Gasteiger partial charge in [-0.1, -0.05) is 18.2 Å². The maximum Gasteiger partial charge on any atom is 0.216 e. The van der Waals surface area contributed by atoms with Gasteiger partial charge in [-0.25, -0.2) is 4.98 Å². The lowest BCUT2D eigenvalue weighted by atomic mass is 10.3. The lowest BCUT2D eigenvalue weighted by molar-refractivity contribution is 0.322. The number of guanidine groups is 1. The van der Waals surface area contributed by atoms with Crippen LogP contribution >= 0.6 is 24.0 Å². The average Bonchev–Trinajstić information content (AvgIpc) is 3.33. The highest BCUT2D eigenvalue weighted by atomic mass is 127. The molecule has 0 saturated heterocycles. The lowest BCUT2D eigenvalue weighted by Crippen LogP contribution is -2.39. The number of nitrogens with one attached hydrogen (secondary N) is 3. The van der Waals surface area contributed by atoms with Crippen molar-refractivity contribution in [2.24, 2.45) is 4.99 Å². The Kier molecular flexibility index (Phi) is 7.93. The molecule has 9 heteroatoms. The maximum atomic E-state index is 5.62. The molecule has 0 spiro atoms.